The first-order valence-corrected chi connectivity index (χ1v) is 7.36. The number of allylic oxidation sites excluding steroid dienone is 1. The molecule has 112 valence electrons. The van der Waals surface area contributed by atoms with E-state index in [0.29, 0.717) is 0 Å². The van der Waals surface area contributed by atoms with Crippen LogP contribution in [0.25, 0.3) is 0 Å². The fourth-order valence-electron chi connectivity index (χ4n) is 1.86. The molecule has 0 spiro atoms. The Morgan fingerprint density at radius 3 is 2.53 bits per heavy atom. The van der Waals surface area contributed by atoms with Crippen molar-refractivity contribution in [1.29, 1.82) is 0 Å². The van der Waals surface area contributed by atoms with Crippen LogP contribution in [0, 0.1) is 0 Å². The molecule has 0 rings (SSSR count). The monoisotopic (exact) mass is 268 g/mol. The molecule has 0 radical (unpaired) electrons. The van der Waals surface area contributed by atoms with Gasteiger partial charge in [0.15, 0.2) is 5.96 Å². The minimum Gasteiger partial charge on any atom is -0.355 e. The molecule has 0 bridgehead atoms. The Morgan fingerprint density at radius 1 is 1.21 bits per heavy atom. The van der Waals surface area contributed by atoms with E-state index < -0.39 is 0 Å². The first-order chi connectivity index (χ1) is 9.15. The molecule has 0 aromatic heterocycles. The normalized spacial score (nSPS) is 11.7. The number of aliphatic imine (C=N–C) groups is 1. The molecule has 0 saturated carbocycles. The van der Waals surface area contributed by atoms with E-state index >= 15 is 0 Å². The van der Waals surface area contributed by atoms with Crippen LogP contribution in [0.15, 0.2) is 17.6 Å². The van der Waals surface area contributed by atoms with E-state index in [1.807, 2.05) is 13.1 Å². The second-order valence-corrected chi connectivity index (χ2v) is 4.98. The molecule has 4 heteroatoms. The van der Waals surface area contributed by atoms with E-state index in [4.69, 9.17) is 0 Å². The van der Waals surface area contributed by atoms with Crippen LogP contribution in [-0.2, 0) is 0 Å². The predicted octanol–water partition coefficient (Wildman–Crippen LogP) is 2.19. The van der Waals surface area contributed by atoms with Gasteiger partial charge in [0.2, 0.25) is 0 Å². The van der Waals surface area contributed by atoms with Gasteiger partial charge < -0.3 is 15.1 Å². The number of guanidine groups is 1. The highest BCUT2D eigenvalue weighted by Gasteiger charge is 2.05. The van der Waals surface area contributed by atoms with E-state index in [1.165, 1.54) is 19.4 Å². The topological polar surface area (TPSA) is 30.9 Å². The van der Waals surface area contributed by atoms with Gasteiger partial charge in [0.25, 0.3) is 0 Å². The molecule has 0 heterocycles. The summed E-state index contributed by atoms with van der Waals surface area (Å²) in [5, 5.41) is 3.41. The molecule has 19 heavy (non-hydrogen) atoms. The molecular weight excluding hydrogens is 236 g/mol. The Hall–Kier alpha value is -1.03. The highest BCUT2D eigenvalue weighted by molar-refractivity contribution is 5.79. The van der Waals surface area contributed by atoms with E-state index in [-0.39, 0.29) is 0 Å². The van der Waals surface area contributed by atoms with Gasteiger partial charge in [0, 0.05) is 33.7 Å². The molecule has 0 fully saturated rings. The molecule has 0 aliphatic heterocycles. The van der Waals surface area contributed by atoms with Crippen LogP contribution in [0.3, 0.4) is 0 Å². The largest absolute Gasteiger partial charge is 0.355 e. The van der Waals surface area contributed by atoms with Crippen molar-refractivity contribution < 1.29 is 0 Å². The van der Waals surface area contributed by atoms with Crippen LogP contribution in [0.1, 0.15) is 32.6 Å². The zero-order valence-corrected chi connectivity index (χ0v) is 13.3. The van der Waals surface area contributed by atoms with E-state index in [9.17, 15) is 0 Å². The number of nitrogens with one attached hydrogen (secondary N) is 1. The number of likely N-dealkylation sites (N-methyl/N-ethyl adjacent to an activating group) is 1. The third-order valence-corrected chi connectivity index (χ3v) is 3.15. The molecule has 4 nitrogen and oxygen atoms in total. The fourth-order valence-corrected chi connectivity index (χ4v) is 1.86. The summed E-state index contributed by atoms with van der Waals surface area (Å²) in [4.78, 5) is 8.85. The van der Waals surface area contributed by atoms with Crippen LogP contribution in [0.2, 0.25) is 0 Å². The zero-order chi connectivity index (χ0) is 14.5. The summed E-state index contributed by atoms with van der Waals surface area (Å²) in [6.45, 7) is 10.2. The van der Waals surface area contributed by atoms with Gasteiger partial charge in [-0.2, -0.15) is 0 Å². The first-order valence-electron chi connectivity index (χ1n) is 7.36. The number of hydrogen-bond acceptors (Lipinski definition) is 2. The average molecular weight is 268 g/mol. The minimum absolute atomic E-state index is 0.943. The lowest BCUT2D eigenvalue weighted by Crippen LogP contribution is -2.42. The van der Waals surface area contributed by atoms with E-state index in [1.54, 1.807) is 0 Å². The van der Waals surface area contributed by atoms with Crippen LogP contribution in [0.4, 0.5) is 0 Å². The Labute approximate surface area is 119 Å². The van der Waals surface area contributed by atoms with Crippen LogP contribution < -0.4 is 5.32 Å². The molecule has 0 amide bonds. The summed E-state index contributed by atoms with van der Waals surface area (Å²) in [6, 6.07) is 0. The molecule has 0 aromatic rings. The van der Waals surface area contributed by atoms with E-state index in [2.05, 4.69) is 47.7 Å². The lowest BCUT2D eigenvalue weighted by molar-refractivity contribution is 0.330. The molecule has 0 atom stereocenters. The maximum Gasteiger partial charge on any atom is 0.193 e. The van der Waals surface area contributed by atoms with Crippen LogP contribution in [-0.4, -0.2) is 63.1 Å². The molecule has 0 aliphatic carbocycles. The highest BCUT2D eigenvalue weighted by atomic mass is 15.3. The van der Waals surface area contributed by atoms with Gasteiger partial charge in [-0.3, -0.25) is 4.99 Å². The highest BCUT2D eigenvalue weighted by Crippen LogP contribution is 1.94. The van der Waals surface area contributed by atoms with Crippen molar-refractivity contribution in [2.24, 2.45) is 4.99 Å². The van der Waals surface area contributed by atoms with Gasteiger partial charge in [0.1, 0.15) is 0 Å². The van der Waals surface area contributed by atoms with E-state index in [0.717, 1.165) is 38.4 Å². The smallest absolute Gasteiger partial charge is 0.193 e. The maximum atomic E-state index is 4.31. The molecule has 0 aromatic carbocycles. The molecule has 0 aliphatic rings. The molecular formula is C15H32N4. The number of nitrogens with zero attached hydrogens (tertiary/aromatic N) is 3. The Bertz CT molecular complexity index is 251. The predicted molar refractivity (Wildman–Crippen MR) is 85.8 cm³/mol. The molecule has 1 N–H and O–H groups in total. The SMILES string of the molecule is C=CCCCN(C)C(=NC)NCCN(C)CCCC. The van der Waals surface area contributed by atoms with Crippen molar-refractivity contribution in [1.82, 2.24) is 15.1 Å². The fraction of sp³-hybridized carbons (Fsp3) is 0.800. The number of unbranched alkanes of at least 4 members (excludes halogenated alkanes) is 2. The standard InChI is InChI=1S/C15H32N4/c1-6-8-10-13-19(5)15(16-3)17-11-14-18(4)12-9-7-2/h6H,1,7-14H2,2-5H3,(H,16,17). The van der Waals surface area contributed by atoms with Gasteiger partial charge >= 0.3 is 0 Å². The Morgan fingerprint density at radius 2 is 1.95 bits per heavy atom. The molecule has 0 unspecified atom stereocenters. The van der Waals surface area contributed by atoms with Crippen molar-refractivity contribution >= 4 is 5.96 Å². The second-order valence-electron chi connectivity index (χ2n) is 4.98. The van der Waals surface area contributed by atoms with Gasteiger partial charge in [-0.15, -0.1) is 6.58 Å². The molecule has 0 saturated heterocycles. The second kappa shape index (κ2) is 12.0. The van der Waals surface area contributed by atoms with Crippen molar-refractivity contribution in [2.45, 2.75) is 32.6 Å². The van der Waals surface area contributed by atoms with Gasteiger partial charge in [-0.05, 0) is 32.9 Å². The number of hydrogen-bond donors (Lipinski definition) is 1. The summed E-state index contributed by atoms with van der Waals surface area (Å²) in [5.74, 6) is 0.980. The Balaban J connectivity index is 3.83. The van der Waals surface area contributed by atoms with Gasteiger partial charge in [-0.1, -0.05) is 19.4 Å². The van der Waals surface area contributed by atoms with Gasteiger partial charge in [-0.25, -0.2) is 0 Å². The van der Waals surface area contributed by atoms with Crippen molar-refractivity contribution in [3.8, 4) is 0 Å². The number of rotatable bonds is 10. The van der Waals surface area contributed by atoms with Crippen molar-refractivity contribution in [2.75, 3.05) is 47.3 Å². The maximum absolute atomic E-state index is 4.31. The lowest BCUT2D eigenvalue weighted by atomic mass is 10.3. The zero-order valence-electron chi connectivity index (χ0n) is 13.3. The summed E-state index contributed by atoms with van der Waals surface area (Å²) in [6.07, 6.45) is 6.67. The van der Waals surface area contributed by atoms with Gasteiger partial charge in [0.05, 0.1) is 0 Å². The summed E-state index contributed by atoms with van der Waals surface area (Å²) >= 11 is 0. The third kappa shape index (κ3) is 9.54. The lowest BCUT2D eigenvalue weighted by Gasteiger charge is -2.23. The average Bonchev–Trinajstić information content (AvgIpc) is 2.41. The van der Waals surface area contributed by atoms with Crippen LogP contribution >= 0.6 is 0 Å². The summed E-state index contributed by atoms with van der Waals surface area (Å²) in [5.41, 5.74) is 0. The quantitative estimate of drug-likeness (QED) is 0.285. The third-order valence-electron chi connectivity index (χ3n) is 3.15. The summed E-state index contributed by atoms with van der Waals surface area (Å²) < 4.78 is 0. The van der Waals surface area contributed by atoms with Crippen molar-refractivity contribution in [3.63, 3.8) is 0 Å². The first kappa shape index (κ1) is 18.0. The van der Waals surface area contributed by atoms with Crippen molar-refractivity contribution in [3.05, 3.63) is 12.7 Å². The van der Waals surface area contributed by atoms with Crippen LogP contribution in [0.5, 0.6) is 0 Å². The minimum atomic E-state index is 0.943. The summed E-state index contributed by atoms with van der Waals surface area (Å²) in [7, 11) is 6.10. The Kier molecular flexibility index (Phi) is 11.4.